The molecule has 2 N–H and O–H groups in total. The van der Waals surface area contributed by atoms with Gasteiger partial charge in [0, 0.05) is 18.5 Å². The van der Waals surface area contributed by atoms with E-state index in [0.717, 1.165) is 13.0 Å². The van der Waals surface area contributed by atoms with Gasteiger partial charge in [-0.1, -0.05) is 20.8 Å². The van der Waals surface area contributed by atoms with Gasteiger partial charge in [-0.2, -0.15) is 0 Å². The van der Waals surface area contributed by atoms with E-state index in [1.54, 1.807) is 6.20 Å². The SMILES string of the molecule is CCNc1cnc(C(C)C)nc1C(=O)NC1CC1C. The van der Waals surface area contributed by atoms with Crippen molar-refractivity contribution in [3.05, 3.63) is 17.7 Å². The van der Waals surface area contributed by atoms with Crippen LogP contribution in [0.5, 0.6) is 0 Å². The summed E-state index contributed by atoms with van der Waals surface area (Å²) in [5, 5.41) is 6.16. The van der Waals surface area contributed by atoms with Gasteiger partial charge in [-0.15, -0.1) is 0 Å². The van der Waals surface area contributed by atoms with Gasteiger partial charge in [0.05, 0.1) is 11.9 Å². The minimum atomic E-state index is -0.102. The maximum atomic E-state index is 12.3. The summed E-state index contributed by atoms with van der Waals surface area (Å²) in [6, 6.07) is 0.305. The van der Waals surface area contributed by atoms with Crippen LogP contribution in [0.4, 0.5) is 5.69 Å². The van der Waals surface area contributed by atoms with Crippen molar-refractivity contribution in [2.75, 3.05) is 11.9 Å². The summed E-state index contributed by atoms with van der Waals surface area (Å²) < 4.78 is 0. The molecule has 1 fully saturated rings. The molecule has 5 heteroatoms. The molecule has 1 aromatic heterocycles. The Morgan fingerprint density at radius 2 is 2.21 bits per heavy atom. The fourth-order valence-corrected chi connectivity index (χ4v) is 1.93. The number of carbonyl (C=O) groups is 1. The van der Waals surface area contributed by atoms with Crippen LogP contribution >= 0.6 is 0 Å². The molecule has 2 rings (SSSR count). The highest BCUT2D eigenvalue weighted by molar-refractivity contribution is 5.97. The quantitative estimate of drug-likeness (QED) is 0.853. The van der Waals surface area contributed by atoms with Crippen molar-refractivity contribution < 1.29 is 4.79 Å². The Morgan fingerprint density at radius 3 is 2.74 bits per heavy atom. The Labute approximate surface area is 114 Å². The molecule has 1 aliphatic rings. The van der Waals surface area contributed by atoms with E-state index >= 15 is 0 Å². The standard InChI is InChI=1S/C14H22N4O/c1-5-15-11-7-16-13(8(2)3)18-12(11)14(19)17-10-6-9(10)4/h7-10,15H,5-6H2,1-4H3,(H,17,19). The van der Waals surface area contributed by atoms with Gasteiger partial charge >= 0.3 is 0 Å². The van der Waals surface area contributed by atoms with Gasteiger partial charge < -0.3 is 10.6 Å². The molecule has 19 heavy (non-hydrogen) atoms. The molecular weight excluding hydrogens is 240 g/mol. The molecule has 1 aliphatic carbocycles. The van der Waals surface area contributed by atoms with Crippen LogP contribution in [0.2, 0.25) is 0 Å². The zero-order chi connectivity index (χ0) is 14.0. The zero-order valence-corrected chi connectivity index (χ0v) is 12.0. The Hall–Kier alpha value is -1.65. The summed E-state index contributed by atoms with van der Waals surface area (Å²) in [7, 11) is 0. The van der Waals surface area contributed by atoms with Crippen LogP contribution in [0.25, 0.3) is 0 Å². The van der Waals surface area contributed by atoms with E-state index in [0.29, 0.717) is 29.2 Å². The first-order valence-corrected chi connectivity index (χ1v) is 6.94. The van der Waals surface area contributed by atoms with E-state index < -0.39 is 0 Å². The van der Waals surface area contributed by atoms with Crippen molar-refractivity contribution in [1.82, 2.24) is 15.3 Å². The van der Waals surface area contributed by atoms with Crippen LogP contribution in [-0.2, 0) is 0 Å². The molecule has 1 amide bonds. The van der Waals surface area contributed by atoms with Crippen molar-refractivity contribution in [1.29, 1.82) is 0 Å². The third kappa shape index (κ3) is 3.22. The number of aromatic nitrogens is 2. The second-order valence-corrected chi connectivity index (χ2v) is 5.47. The second-order valence-electron chi connectivity index (χ2n) is 5.47. The van der Waals surface area contributed by atoms with Gasteiger partial charge in [-0.3, -0.25) is 4.79 Å². The molecule has 0 spiro atoms. The Kier molecular flexibility index (Phi) is 4.02. The molecule has 0 aliphatic heterocycles. The highest BCUT2D eigenvalue weighted by atomic mass is 16.2. The Balaban J connectivity index is 2.23. The number of nitrogens with zero attached hydrogens (tertiary/aromatic N) is 2. The summed E-state index contributed by atoms with van der Waals surface area (Å²) in [6.45, 7) is 8.90. The van der Waals surface area contributed by atoms with Crippen molar-refractivity contribution in [2.24, 2.45) is 5.92 Å². The lowest BCUT2D eigenvalue weighted by molar-refractivity contribution is 0.0944. The third-order valence-electron chi connectivity index (χ3n) is 3.33. The van der Waals surface area contributed by atoms with E-state index in [2.05, 4.69) is 27.5 Å². The summed E-state index contributed by atoms with van der Waals surface area (Å²) in [6.07, 6.45) is 2.77. The van der Waals surface area contributed by atoms with Crippen molar-refractivity contribution >= 4 is 11.6 Å². The molecule has 0 aromatic carbocycles. The molecule has 2 atom stereocenters. The van der Waals surface area contributed by atoms with Crippen LogP contribution in [0.3, 0.4) is 0 Å². The van der Waals surface area contributed by atoms with Gasteiger partial charge in [0.15, 0.2) is 5.69 Å². The summed E-state index contributed by atoms with van der Waals surface area (Å²) in [5.41, 5.74) is 1.16. The number of hydrogen-bond donors (Lipinski definition) is 2. The van der Waals surface area contributed by atoms with Crippen molar-refractivity contribution in [3.63, 3.8) is 0 Å². The average molecular weight is 262 g/mol. The molecule has 2 unspecified atom stereocenters. The number of nitrogens with one attached hydrogen (secondary N) is 2. The van der Waals surface area contributed by atoms with E-state index in [-0.39, 0.29) is 11.8 Å². The Morgan fingerprint density at radius 1 is 1.53 bits per heavy atom. The highest BCUT2D eigenvalue weighted by Crippen LogP contribution is 2.29. The summed E-state index contributed by atoms with van der Waals surface area (Å²) in [4.78, 5) is 21.0. The van der Waals surface area contributed by atoms with E-state index in [1.807, 2.05) is 20.8 Å². The molecule has 1 heterocycles. The maximum absolute atomic E-state index is 12.3. The number of carbonyl (C=O) groups excluding carboxylic acids is 1. The molecule has 0 radical (unpaired) electrons. The number of anilines is 1. The summed E-state index contributed by atoms with van der Waals surface area (Å²) >= 11 is 0. The van der Waals surface area contributed by atoms with Crippen LogP contribution < -0.4 is 10.6 Å². The van der Waals surface area contributed by atoms with E-state index in [1.165, 1.54) is 0 Å². The van der Waals surface area contributed by atoms with Crippen LogP contribution in [-0.4, -0.2) is 28.5 Å². The smallest absolute Gasteiger partial charge is 0.272 e. The van der Waals surface area contributed by atoms with Crippen molar-refractivity contribution in [3.8, 4) is 0 Å². The highest BCUT2D eigenvalue weighted by Gasteiger charge is 2.34. The maximum Gasteiger partial charge on any atom is 0.272 e. The molecule has 0 saturated heterocycles. The lowest BCUT2D eigenvalue weighted by atomic mass is 10.2. The first kappa shape index (κ1) is 13.8. The van der Waals surface area contributed by atoms with Gasteiger partial charge in [0.25, 0.3) is 5.91 Å². The minimum Gasteiger partial charge on any atom is -0.382 e. The lowest BCUT2D eigenvalue weighted by Crippen LogP contribution is -2.29. The molecule has 104 valence electrons. The number of hydrogen-bond acceptors (Lipinski definition) is 4. The fourth-order valence-electron chi connectivity index (χ4n) is 1.93. The molecule has 1 aromatic rings. The normalized spacial score (nSPS) is 21.3. The van der Waals surface area contributed by atoms with Crippen molar-refractivity contribution in [2.45, 2.75) is 46.1 Å². The van der Waals surface area contributed by atoms with Gasteiger partial charge in [-0.25, -0.2) is 9.97 Å². The topological polar surface area (TPSA) is 66.9 Å². The number of amides is 1. The average Bonchev–Trinajstić information content (AvgIpc) is 3.05. The zero-order valence-electron chi connectivity index (χ0n) is 12.0. The fraction of sp³-hybridized carbons (Fsp3) is 0.643. The molecular formula is C14H22N4O. The van der Waals surface area contributed by atoms with Gasteiger partial charge in [0.2, 0.25) is 0 Å². The monoisotopic (exact) mass is 262 g/mol. The van der Waals surface area contributed by atoms with Crippen LogP contribution in [0.1, 0.15) is 56.3 Å². The molecule has 1 saturated carbocycles. The lowest BCUT2D eigenvalue weighted by Gasteiger charge is -2.12. The minimum absolute atomic E-state index is 0.102. The second kappa shape index (κ2) is 5.55. The largest absolute Gasteiger partial charge is 0.382 e. The summed E-state index contributed by atoms with van der Waals surface area (Å²) in [5.74, 6) is 1.39. The van der Waals surface area contributed by atoms with Gasteiger partial charge in [-0.05, 0) is 19.3 Å². The third-order valence-corrected chi connectivity index (χ3v) is 3.33. The molecule has 0 bridgehead atoms. The van der Waals surface area contributed by atoms with E-state index in [9.17, 15) is 4.79 Å². The first-order chi connectivity index (χ1) is 9.02. The van der Waals surface area contributed by atoms with Crippen LogP contribution in [0, 0.1) is 5.92 Å². The first-order valence-electron chi connectivity index (χ1n) is 6.94. The molecule has 5 nitrogen and oxygen atoms in total. The van der Waals surface area contributed by atoms with Crippen LogP contribution in [0.15, 0.2) is 6.20 Å². The van der Waals surface area contributed by atoms with E-state index in [4.69, 9.17) is 0 Å². The number of rotatable bonds is 5. The van der Waals surface area contributed by atoms with Gasteiger partial charge in [0.1, 0.15) is 5.82 Å². The predicted octanol–water partition coefficient (Wildman–Crippen LogP) is 2.17. The predicted molar refractivity (Wildman–Crippen MR) is 75.3 cm³/mol. The Bertz CT molecular complexity index is 473.